The predicted molar refractivity (Wildman–Crippen MR) is 57.9 cm³/mol. The third-order valence-electron chi connectivity index (χ3n) is 2.23. The minimum atomic E-state index is -0.351. The van der Waals surface area contributed by atoms with Crippen molar-refractivity contribution >= 4 is 17.1 Å². The fourth-order valence-electron chi connectivity index (χ4n) is 1.51. The summed E-state index contributed by atoms with van der Waals surface area (Å²) in [7, 11) is 0. The fraction of sp³-hybridized carbons (Fsp3) is 0.400. The molecule has 0 atom stereocenters. The Morgan fingerprint density at radius 2 is 2.29 bits per heavy atom. The van der Waals surface area contributed by atoms with E-state index < -0.39 is 0 Å². The van der Waals surface area contributed by atoms with Crippen molar-refractivity contribution < 1.29 is 14.6 Å². The minimum absolute atomic E-state index is 0.0478. The molecule has 90 valence electrons. The molecule has 0 spiro atoms. The fourth-order valence-corrected chi connectivity index (χ4v) is 1.51. The lowest BCUT2D eigenvalue weighted by Gasteiger charge is -2.03. The molecule has 0 bridgehead atoms. The van der Waals surface area contributed by atoms with E-state index in [1.807, 2.05) is 0 Å². The van der Waals surface area contributed by atoms with Gasteiger partial charge < -0.3 is 14.4 Å². The van der Waals surface area contributed by atoms with Crippen molar-refractivity contribution in [3.63, 3.8) is 0 Å². The van der Waals surface area contributed by atoms with Crippen molar-refractivity contribution in [3.05, 3.63) is 18.3 Å². The predicted octanol–water partition coefficient (Wildman–Crippen LogP) is -0.118. The van der Waals surface area contributed by atoms with E-state index in [1.54, 1.807) is 11.5 Å². The molecule has 2 heterocycles. The zero-order valence-electron chi connectivity index (χ0n) is 9.33. The van der Waals surface area contributed by atoms with Gasteiger partial charge in [-0.25, -0.2) is 15.0 Å². The van der Waals surface area contributed by atoms with Crippen LogP contribution in [0.1, 0.15) is 12.6 Å². The lowest BCUT2D eigenvalue weighted by Crippen LogP contribution is -2.13. The molecule has 2 rings (SSSR count). The Bertz CT molecular complexity index is 537. The third-order valence-corrected chi connectivity index (χ3v) is 2.23. The molecule has 2 aromatic heterocycles. The number of aliphatic hydroxyl groups excluding tert-OH is 1. The average molecular weight is 236 g/mol. The summed E-state index contributed by atoms with van der Waals surface area (Å²) in [6.07, 6.45) is 2.81. The van der Waals surface area contributed by atoms with Gasteiger partial charge in [-0.3, -0.25) is 4.79 Å². The number of rotatable bonds is 4. The summed E-state index contributed by atoms with van der Waals surface area (Å²) in [5.41, 5.74) is 1.45. The maximum absolute atomic E-state index is 11.3. The first-order chi connectivity index (χ1) is 8.26. The highest BCUT2D eigenvalue weighted by Crippen LogP contribution is 2.12. The van der Waals surface area contributed by atoms with Crippen LogP contribution < -0.4 is 0 Å². The highest BCUT2D eigenvalue weighted by Gasteiger charge is 2.11. The Labute approximate surface area is 97.1 Å². The van der Waals surface area contributed by atoms with Gasteiger partial charge >= 0.3 is 5.97 Å². The Morgan fingerprint density at radius 3 is 3.00 bits per heavy atom. The van der Waals surface area contributed by atoms with Crippen LogP contribution in [0.3, 0.4) is 0 Å². The highest BCUT2D eigenvalue weighted by molar-refractivity contribution is 5.76. The van der Waals surface area contributed by atoms with Gasteiger partial charge in [0.05, 0.1) is 25.2 Å². The first-order valence-corrected chi connectivity index (χ1v) is 5.17. The molecule has 1 N–H and O–H groups in total. The van der Waals surface area contributed by atoms with Crippen LogP contribution in [-0.4, -0.2) is 37.2 Å². The summed E-state index contributed by atoms with van der Waals surface area (Å²) in [6.45, 7) is 1.92. The molecular weight excluding hydrogens is 224 g/mol. The minimum Gasteiger partial charge on any atom is -0.465 e. The average Bonchev–Trinajstić information content (AvgIpc) is 2.73. The van der Waals surface area contributed by atoms with Gasteiger partial charge in [-0.05, 0) is 6.92 Å². The summed E-state index contributed by atoms with van der Waals surface area (Å²) >= 11 is 0. The van der Waals surface area contributed by atoms with Crippen LogP contribution in [0.4, 0.5) is 0 Å². The van der Waals surface area contributed by atoms with Gasteiger partial charge in [-0.15, -0.1) is 0 Å². The third kappa shape index (κ3) is 2.23. The number of hydrogen-bond acceptors (Lipinski definition) is 6. The number of hydrogen-bond donors (Lipinski definition) is 1. The smallest absolute Gasteiger partial charge is 0.326 e. The lowest BCUT2D eigenvalue weighted by atomic mass is 10.4. The molecular formula is C10H12N4O3. The first-order valence-electron chi connectivity index (χ1n) is 5.17. The summed E-state index contributed by atoms with van der Waals surface area (Å²) in [4.78, 5) is 23.4. The number of aromatic nitrogens is 4. The van der Waals surface area contributed by atoms with Crippen LogP contribution in [0.25, 0.3) is 11.2 Å². The summed E-state index contributed by atoms with van der Waals surface area (Å²) < 4.78 is 6.40. The van der Waals surface area contributed by atoms with Crippen LogP contribution in [0.5, 0.6) is 0 Å². The second kappa shape index (κ2) is 4.88. The molecule has 0 radical (unpaired) electrons. The van der Waals surface area contributed by atoms with E-state index >= 15 is 0 Å². The second-order valence-electron chi connectivity index (χ2n) is 3.33. The van der Waals surface area contributed by atoms with Crippen molar-refractivity contribution in [2.24, 2.45) is 0 Å². The van der Waals surface area contributed by atoms with Crippen molar-refractivity contribution in [3.8, 4) is 0 Å². The van der Waals surface area contributed by atoms with Crippen molar-refractivity contribution in [2.75, 3.05) is 6.61 Å². The number of aliphatic hydroxyl groups is 1. The second-order valence-corrected chi connectivity index (χ2v) is 3.33. The quantitative estimate of drug-likeness (QED) is 0.744. The molecule has 0 aliphatic rings. The Morgan fingerprint density at radius 1 is 1.47 bits per heavy atom. The Balaban J connectivity index is 2.33. The van der Waals surface area contributed by atoms with Gasteiger partial charge in [0.1, 0.15) is 18.4 Å². The van der Waals surface area contributed by atoms with Crippen molar-refractivity contribution in [1.82, 2.24) is 19.5 Å². The molecule has 0 aliphatic heterocycles. The molecule has 0 saturated heterocycles. The monoisotopic (exact) mass is 236 g/mol. The van der Waals surface area contributed by atoms with Crippen LogP contribution in [0, 0.1) is 0 Å². The normalized spacial score (nSPS) is 10.7. The number of ether oxygens (including phenoxy) is 1. The van der Waals surface area contributed by atoms with Crippen molar-refractivity contribution in [1.29, 1.82) is 0 Å². The van der Waals surface area contributed by atoms with Gasteiger partial charge in [0.2, 0.25) is 0 Å². The van der Waals surface area contributed by atoms with Gasteiger partial charge in [-0.2, -0.15) is 0 Å². The Hall–Kier alpha value is -2.02. The van der Waals surface area contributed by atoms with Crippen LogP contribution in [0.2, 0.25) is 0 Å². The maximum Gasteiger partial charge on any atom is 0.326 e. The largest absolute Gasteiger partial charge is 0.465 e. The molecule has 0 amide bonds. The molecule has 7 nitrogen and oxygen atoms in total. The number of carbonyl (C=O) groups is 1. The van der Waals surface area contributed by atoms with Crippen LogP contribution >= 0.6 is 0 Å². The molecule has 7 heteroatoms. The van der Waals surface area contributed by atoms with E-state index in [2.05, 4.69) is 15.0 Å². The van der Waals surface area contributed by atoms with E-state index in [1.165, 1.54) is 12.7 Å². The molecule has 0 fully saturated rings. The number of fused-ring (bicyclic) bond motifs is 1. The van der Waals surface area contributed by atoms with Gasteiger partial charge in [0.15, 0.2) is 5.65 Å². The summed E-state index contributed by atoms with van der Waals surface area (Å²) in [6, 6.07) is 0. The zero-order chi connectivity index (χ0) is 12.3. The topological polar surface area (TPSA) is 90.1 Å². The van der Waals surface area contributed by atoms with Crippen molar-refractivity contribution in [2.45, 2.75) is 20.1 Å². The standard InChI is InChI=1S/C10H12N4O3/c1-2-17-8(16)3-14-6-13-9-7(4-15)11-5-12-10(9)14/h5-6,15H,2-4H2,1H3. The molecule has 0 aromatic carbocycles. The van der Waals surface area contributed by atoms with E-state index in [-0.39, 0.29) is 19.1 Å². The van der Waals surface area contributed by atoms with Gasteiger partial charge in [0, 0.05) is 0 Å². The lowest BCUT2D eigenvalue weighted by molar-refractivity contribution is -0.143. The summed E-state index contributed by atoms with van der Waals surface area (Å²) in [5, 5.41) is 9.08. The van der Waals surface area contributed by atoms with Gasteiger partial charge in [-0.1, -0.05) is 0 Å². The molecule has 0 aliphatic carbocycles. The summed E-state index contributed by atoms with van der Waals surface area (Å²) in [5.74, 6) is -0.351. The number of imidazole rings is 1. The first kappa shape index (κ1) is 11.5. The number of nitrogens with zero attached hydrogens (tertiary/aromatic N) is 4. The SMILES string of the molecule is CCOC(=O)Cn1cnc2c(CO)ncnc21. The van der Waals surface area contributed by atoms with E-state index in [9.17, 15) is 4.79 Å². The number of esters is 1. The van der Waals surface area contributed by atoms with Crippen LogP contribution in [-0.2, 0) is 22.7 Å². The molecule has 17 heavy (non-hydrogen) atoms. The molecule has 0 saturated carbocycles. The number of carbonyl (C=O) groups excluding carboxylic acids is 1. The molecule has 0 unspecified atom stereocenters. The van der Waals surface area contributed by atoms with E-state index in [4.69, 9.17) is 9.84 Å². The van der Waals surface area contributed by atoms with E-state index in [0.717, 1.165) is 0 Å². The van der Waals surface area contributed by atoms with E-state index in [0.29, 0.717) is 23.5 Å². The highest BCUT2D eigenvalue weighted by atomic mass is 16.5. The molecule has 2 aromatic rings. The van der Waals surface area contributed by atoms with Gasteiger partial charge in [0.25, 0.3) is 0 Å². The maximum atomic E-state index is 11.3. The zero-order valence-corrected chi connectivity index (χ0v) is 9.33. The Kier molecular flexibility index (Phi) is 3.29. The van der Waals surface area contributed by atoms with Crippen LogP contribution in [0.15, 0.2) is 12.7 Å².